The highest BCUT2D eigenvalue weighted by Crippen LogP contribution is 2.44. The lowest BCUT2D eigenvalue weighted by Crippen LogP contribution is -2.31. The molecule has 2 N–H and O–H groups in total. The smallest absolute Gasteiger partial charge is 0.296 e. The minimum atomic E-state index is -0.560. The number of carbonyl (C=O) groups is 1. The summed E-state index contributed by atoms with van der Waals surface area (Å²) in [5.74, 6) is -0.548. The summed E-state index contributed by atoms with van der Waals surface area (Å²) in [6, 6.07) is 14.3. The van der Waals surface area contributed by atoms with Gasteiger partial charge in [0.2, 0.25) is 11.1 Å². The van der Waals surface area contributed by atoms with Crippen LogP contribution in [0.4, 0.5) is 5.95 Å². The van der Waals surface area contributed by atoms with Crippen LogP contribution in [0, 0.1) is 6.92 Å². The zero-order chi connectivity index (χ0) is 19.8. The van der Waals surface area contributed by atoms with E-state index >= 15 is 0 Å². The lowest BCUT2D eigenvalue weighted by molar-refractivity contribution is -0.117. The molecule has 1 amide bonds. The topological polar surface area (TPSA) is 82.1 Å². The van der Waals surface area contributed by atoms with Gasteiger partial charge in [0.25, 0.3) is 5.91 Å². The molecule has 0 saturated carbocycles. The number of benzene rings is 2. The number of H-pyrrole nitrogens is 1. The summed E-state index contributed by atoms with van der Waals surface area (Å²) in [4.78, 5) is 18.8. The van der Waals surface area contributed by atoms with Gasteiger partial charge in [0.1, 0.15) is 0 Å². The van der Waals surface area contributed by atoms with Crippen LogP contribution in [0.3, 0.4) is 0 Å². The third-order valence-corrected chi connectivity index (χ3v) is 5.42. The number of aromatic nitrogens is 3. The zero-order valence-electron chi connectivity index (χ0n) is 15.2. The van der Waals surface area contributed by atoms with Crippen molar-refractivity contribution < 1.29 is 9.90 Å². The van der Waals surface area contributed by atoms with Crippen LogP contribution in [0.1, 0.15) is 22.7 Å². The Hall–Kier alpha value is -2.77. The standard InChI is InChI=1S/C20H17ClN4O2S/c1-11-3-5-12(6-4-11)15-16(13-7-9-14(21)10-8-13)25(18(27)17(15)26)19-22-20(28-2)24-23-19/h3-10,16,26H,1-2H3,(H,22,23,24)/t16-/m1/s1. The van der Waals surface area contributed by atoms with Crippen molar-refractivity contribution in [3.8, 4) is 0 Å². The summed E-state index contributed by atoms with van der Waals surface area (Å²) in [5, 5.41) is 18.8. The number of aliphatic hydroxyl groups excluding tert-OH is 1. The first-order chi connectivity index (χ1) is 13.5. The highest BCUT2D eigenvalue weighted by atomic mass is 35.5. The van der Waals surface area contributed by atoms with E-state index in [4.69, 9.17) is 11.6 Å². The van der Waals surface area contributed by atoms with Gasteiger partial charge in [-0.2, -0.15) is 4.98 Å². The van der Waals surface area contributed by atoms with Crippen LogP contribution in [-0.2, 0) is 4.79 Å². The molecule has 1 aromatic heterocycles. The van der Waals surface area contributed by atoms with E-state index in [0.29, 0.717) is 15.8 Å². The van der Waals surface area contributed by atoms with E-state index in [9.17, 15) is 9.90 Å². The number of hydrogen-bond donors (Lipinski definition) is 2. The fourth-order valence-corrected chi connectivity index (χ4v) is 3.69. The first-order valence-electron chi connectivity index (χ1n) is 8.55. The maximum atomic E-state index is 13.0. The molecule has 142 valence electrons. The largest absolute Gasteiger partial charge is 0.503 e. The molecule has 8 heteroatoms. The van der Waals surface area contributed by atoms with Crippen molar-refractivity contribution >= 4 is 40.8 Å². The van der Waals surface area contributed by atoms with Crippen molar-refractivity contribution in [3.63, 3.8) is 0 Å². The average molecular weight is 413 g/mol. The van der Waals surface area contributed by atoms with Crippen LogP contribution < -0.4 is 4.90 Å². The SMILES string of the molecule is CSc1n[nH]c(N2C(=O)C(O)=C(c3ccc(C)cc3)[C@H]2c2ccc(Cl)cc2)n1. The monoisotopic (exact) mass is 412 g/mol. The van der Waals surface area contributed by atoms with Gasteiger partial charge in [-0.3, -0.25) is 9.69 Å². The van der Waals surface area contributed by atoms with Crippen molar-refractivity contribution in [1.29, 1.82) is 0 Å². The van der Waals surface area contributed by atoms with Gasteiger partial charge in [0, 0.05) is 10.6 Å². The Morgan fingerprint density at radius 3 is 2.43 bits per heavy atom. The minimum absolute atomic E-state index is 0.281. The van der Waals surface area contributed by atoms with E-state index in [1.807, 2.05) is 49.6 Å². The van der Waals surface area contributed by atoms with Crippen LogP contribution in [0.2, 0.25) is 5.02 Å². The molecule has 1 atom stereocenters. The summed E-state index contributed by atoms with van der Waals surface area (Å²) in [7, 11) is 0. The third-order valence-electron chi connectivity index (χ3n) is 4.62. The van der Waals surface area contributed by atoms with Gasteiger partial charge in [0.15, 0.2) is 5.76 Å². The Bertz CT molecular complexity index is 1060. The molecule has 2 heterocycles. The molecule has 0 unspecified atom stereocenters. The van der Waals surface area contributed by atoms with Crippen molar-refractivity contribution in [2.75, 3.05) is 11.2 Å². The summed E-state index contributed by atoms with van der Waals surface area (Å²) in [6.45, 7) is 1.99. The highest BCUT2D eigenvalue weighted by Gasteiger charge is 2.43. The molecule has 1 aliphatic heterocycles. The average Bonchev–Trinajstić information content (AvgIpc) is 3.27. The number of nitrogens with one attached hydrogen (secondary N) is 1. The second-order valence-corrected chi connectivity index (χ2v) is 7.61. The Morgan fingerprint density at radius 1 is 1.14 bits per heavy atom. The quantitative estimate of drug-likeness (QED) is 0.614. The molecule has 3 aromatic rings. The van der Waals surface area contributed by atoms with Gasteiger partial charge < -0.3 is 5.11 Å². The fourth-order valence-electron chi connectivity index (χ4n) is 3.25. The molecule has 0 fully saturated rings. The van der Waals surface area contributed by atoms with E-state index in [0.717, 1.165) is 16.7 Å². The molecule has 0 bridgehead atoms. The second kappa shape index (κ2) is 7.33. The van der Waals surface area contributed by atoms with Crippen LogP contribution in [0.15, 0.2) is 59.4 Å². The molecule has 1 aliphatic rings. The van der Waals surface area contributed by atoms with Crippen molar-refractivity contribution in [1.82, 2.24) is 15.2 Å². The van der Waals surface area contributed by atoms with Gasteiger partial charge in [-0.15, -0.1) is 5.10 Å². The van der Waals surface area contributed by atoms with E-state index in [2.05, 4.69) is 15.2 Å². The Kier molecular flexibility index (Phi) is 4.87. The number of aliphatic hydroxyl groups is 1. The molecule has 0 saturated heterocycles. The summed E-state index contributed by atoms with van der Waals surface area (Å²) < 4.78 is 0. The van der Waals surface area contributed by atoms with E-state index in [-0.39, 0.29) is 11.7 Å². The van der Waals surface area contributed by atoms with Crippen molar-refractivity contribution in [2.45, 2.75) is 18.1 Å². The van der Waals surface area contributed by atoms with E-state index in [1.54, 1.807) is 12.1 Å². The second-order valence-electron chi connectivity index (χ2n) is 6.40. The minimum Gasteiger partial charge on any atom is -0.503 e. The summed E-state index contributed by atoms with van der Waals surface area (Å²) >= 11 is 7.41. The molecule has 6 nitrogen and oxygen atoms in total. The maximum absolute atomic E-state index is 13.0. The highest BCUT2D eigenvalue weighted by molar-refractivity contribution is 7.98. The van der Waals surface area contributed by atoms with Crippen LogP contribution in [-0.4, -0.2) is 32.5 Å². The van der Waals surface area contributed by atoms with Crippen LogP contribution >= 0.6 is 23.4 Å². The van der Waals surface area contributed by atoms with Crippen LogP contribution in [0.5, 0.6) is 0 Å². The number of halogens is 1. The maximum Gasteiger partial charge on any atom is 0.296 e. The molecule has 28 heavy (non-hydrogen) atoms. The van der Waals surface area contributed by atoms with Gasteiger partial charge in [-0.1, -0.05) is 65.3 Å². The molecule has 4 rings (SSSR count). The molecular formula is C20H17ClN4O2S. The zero-order valence-corrected chi connectivity index (χ0v) is 16.8. The normalized spacial score (nSPS) is 16.9. The van der Waals surface area contributed by atoms with E-state index in [1.165, 1.54) is 16.7 Å². The van der Waals surface area contributed by atoms with Crippen LogP contribution in [0.25, 0.3) is 5.57 Å². The summed E-state index contributed by atoms with van der Waals surface area (Å²) in [5.41, 5.74) is 3.19. The number of thioether (sulfide) groups is 1. The van der Waals surface area contributed by atoms with Gasteiger partial charge in [-0.05, 0) is 36.4 Å². The number of rotatable bonds is 4. The summed E-state index contributed by atoms with van der Waals surface area (Å²) in [6.07, 6.45) is 1.85. The van der Waals surface area contributed by atoms with Crippen molar-refractivity contribution in [3.05, 3.63) is 76.0 Å². The number of amides is 1. The molecule has 0 spiro atoms. The van der Waals surface area contributed by atoms with Gasteiger partial charge >= 0.3 is 0 Å². The van der Waals surface area contributed by atoms with Crippen molar-refractivity contribution in [2.24, 2.45) is 0 Å². The lowest BCUT2D eigenvalue weighted by Gasteiger charge is -2.25. The fraction of sp³-hybridized carbons (Fsp3) is 0.150. The molecular weight excluding hydrogens is 396 g/mol. The first-order valence-corrected chi connectivity index (χ1v) is 10.2. The Balaban J connectivity index is 1.88. The first kappa shape index (κ1) is 18.6. The third kappa shape index (κ3) is 3.16. The molecule has 0 radical (unpaired) electrons. The lowest BCUT2D eigenvalue weighted by atomic mass is 9.93. The predicted molar refractivity (Wildman–Crippen MR) is 111 cm³/mol. The number of aryl methyl sites for hydroxylation is 1. The number of anilines is 1. The Labute approximate surface area is 171 Å². The Morgan fingerprint density at radius 2 is 1.82 bits per heavy atom. The van der Waals surface area contributed by atoms with E-state index < -0.39 is 11.9 Å². The number of nitrogens with zero attached hydrogens (tertiary/aromatic N) is 3. The molecule has 2 aromatic carbocycles. The predicted octanol–water partition coefficient (Wildman–Crippen LogP) is 4.55. The van der Waals surface area contributed by atoms with Gasteiger partial charge in [0.05, 0.1) is 6.04 Å². The van der Waals surface area contributed by atoms with Gasteiger partial charge in [-0.25, -0.2) is 5.10 Å². The number of carbonyl (C=O) groups excluding carboxylic acids is 1. The molecule has 0 aliphatic carbocycles. The number of aromatic amines is 1. The number of hydrogen-bond acceptors (Lipinski definition) is 5.